The SMILES string of the molecule is CCCC(C)Nc1ccc(S(=O)(=O)NCCCO)cc1C(=O)O. The van der Waals surface area contributed by atoms with Crippen LogP contribution in [-0.4, -0.2) is 43.8 Å². The monoisotopic (exact) mass is 344 g/mol. The molecule has 1 rings (SSSR count). The lowest BCUT2D eigenvalue weighted by Gasteiger charge is -2.17. The van der Waals surface area contributed by atoms with E-state index in [9.17, 15) is 18.3 Å². The third kappa shape index (κ3) is 5.81. The molecular weight excluding hydrogens is 320 g/mol. The van der Waals surface area contributed by atoms with Crippen molar-refractivity contribution in [2.45, 2.75) is 44.0 Å². The molecule has 0 aliphatic carbocycles. The number of hydrogen-bond acceptors (Lipinski definition) is 5. The number of carbonyl (C=O) groups is 1. The van der Waals surface area contributed by atoms with E-state index in [1.165, 1.54) is 12.1 Å². The number of carboxylic acid groups (broad SMARTS) is 1. The summed E-state index contributed by atoms with van der Waals surface area (Å²) in [6.45, 7) is 3.94. The van der Waals surface area contributed by atoms with Gasteiger partial charge in [0.15, 0.2) is 0 Å². The van der Waals surface area contributed by atoms with Gasteiger partial charge in [0.05, 0.1) is 10.5 Å². The minimum Gasteiger partial charge on any atom is -0.478 e. The van der Waals surface area contributed by atoms with Gasteiger partial charge in [-0.2, -0.15) is 0 Å². The zero-order chi connectivity index (χ0) is 17.5. The van der Waals surface area contributed by atoms with E-state index < -0.39 is 16.0 Å². The molecule has 0 fully saturated rings. The maximum Gasteiger partial charge on any atom is 0.337 e. The number of aromatic carboxylic acids is 1. The maximum atomic E-state index is 12.1. The van der Waals surface area contributed by atoms with Gasteiger partial charge >= 0.3 is 5.97 Å². The Hall–Kier alpha value is -1.64. The van der Waals surface area contributed by atoms with Gasteiger partial charge in [0.1, 0.15) is 0 Å². The van der Waals surface area contributed by atoms with Crippen molar-refractivity contribution in [1.82, 2.24) is 4.72 Å². The van der Waals surface area contributed by atoms with Gasteiger partial charge in [-0.1, -0.05) is 13.3 Å². The van der Waals surface area contributed by atoms with Crippen LogP contribution in [0.25, 0.3) is 0 Å². The highest BCUT2D eigenvalue weighted by molar-refractivity contribution is 7.89. The molecule has 7 nitrogen and oxygen atoms in total. The summed E-state index contributed by atoms with van der Waals surface area (Å²) in [5.41, 5.74) is 0.311. The van der Waals surface area contributed by atoms with Crippen LogP contribution in [-0.2, 0) is 10.0 Å². The second-order valence-corrected chi connectivity index (χ2v) is 7.09. The Morgan fingerprint density at radius 3 is 2.61 bits per heavy atom. The van der Waals surface area contributed by atoms with E-state index in [2.05, 4.69) is 10.0 Å². The van der Waals surface area contributed by atoms with E-state index in [0.717, 1.165) is 18.9 Å². The molecule has 0 heterocycles. The molecule has 0 radical (unpaired) electrons. The molecule has 1 unspecified atom stereocenters. The first-order chi connectivity index (χ1) is 10.8. The number of aliphatic hydroxyl groups excluding tert-OH is 1. The zero-order valence-corrected chi connectivity index (χ0v) is 14.2. The molecular formula is C15H24N2O5S. The van der Waals surface area contributed by atoms with Crippen LogP contribution in [0.15, 0.2) is 23.1 Å². The molecule has 1 atom stereocenters. The smallest absolute Gasteiger partial charge is 0.337 e. The molecule has 1 aromatic carbocycles. The molecule has 1 aromatic rings. The predicted molar refractivity (Wildman–Crippen MR) is 88.3 cm³/mol. The van der Waals surface area contributed by atoms with Crippen molar-refractivity contribution in [2.75, 3.05) is 18.5 Å². The van der Waals surface area contributed by atoms with Crippen molar-refractivity contribution in [1.29, 1.82) is 0 Å². The van der Waals surface area contributed by atoms with Crippen LogP contribution in [0.3, 0.4) is 0 Å². The molecule has 23 heavy (non-hydrogen) atoms. The number of hydrogen-bond donors (Lipinski definition) is 4. The first-order valence-electron chi connectivity index (χ1n) is 7.56. The number of sulfonamides is 1. The van der Waals surface area contributed by atoms with E-state index in [4.69, 9.17) is 5.11 Å². The summed E-state index contributed by atoms with van der Waals surface area (Å²) in [4.78, 5) is 11.3. The zero-order valence-electron chi connectivity index (χ0n) is 13.4. The third-order valence-electron chi connectivity index (χ3n) is 3.28. The fourth-order valence-corrected chi connectivity index (χ4v) is 3.23. The Labute approximate surface area is 136 Å². The van der Waals surface area contributed by atoms with Crippen molar-refractivity contribution < 1.29 is 23.4 Å². The topological polar surface area (TPSA) is 116 Å². The van der Waals surface area contributed by atoms with Crippen molar-refractivity contribution in [3.63, 3.8) is 0 Å². The molecule has 0 saturated carbocycles. The second-order valence-electron chi connectivity index (χ2n) is 5.32. The average Bonchev–Trinajstić information content (AvgIpc) is 2.47. The predicted octanol–water partition coefficient (Wildman–Crippen LogP) is 1.65. The van der Waals surface area contributed by atoms with Gasteiger partial charge in [0, 0.05) is 24.9 Å². The molecule has 0 aliphatic heterocycles. The van der Waals surface area contributed by atoms with Crippen LogP contribution < -0.4 is 10.0 Å². The number of aliphatic hydroxyl groups is 1. The number of carboxylic acids is 1. The van der Waals surface area contributed by atoms with Gasteiger partial charge in [-0.25, -0.2) is 17.9 Å². The van der Waals surface area contributed by atoms with Crippen LogP contribution >= 0.6 is 0 Å². The molecule has 0 bridgehead atoms. The Balaban J connectivity index is 3.05. The van der Waals surface area contributed by atoms with E-state index in [-0.39, 0.29) is 29.7 Å². The van der Waals surface area contributed by atoms with Gasteiger partial charge < -0.3 is 15.5 Å². The number of benzene rings is 1. The Morgan fingerprint density at radius 1 is 1.35 bits per heavy atom. The summed E-state index contributed by atoms with van der Waals surface area (Å²) in [7, 11) is -3.80. The number of nitrogens with one attached hydrogen (secondary N) is 2. The third-order valence-corrected chi connectivity index (χ3v) is 4.74. The highest BCUT2D eigenvalue weighted by Gasteiger charge is 2.19. The summed E-state index contributed by atoms with van der Waals surface area (Å²) >= 11 is 0. The summed E-state index contributed by atoms with van der Waals surface area (Å²) in [6.07, 6.45) is 2.12. The van der Waals surface area contributed by atoms with Crippen LogP contribution in [0.4, 0.5) is 5.69 Å². The summed E-state index contributed by atoms with van der Waals surface area (Å²) in [5.74, 6) is -1.19. The van der Waals surface area contributed by atoms with E-state index in [0.29, 0.717) is 12.1 Å². The first kappa shape index (κ1) is 19.4. The van der Waals surface area contributed by atoms with E-state index >= 15 is 0 Å². The lowest BCUT2D eigenvalue weighted by atomic mass is 10.1. The highest BCUT2D eigenvalue weighted by Crippen LogP contribution is 2.22. The quantitative estimate of drug-likeness (QED) is 0.480. The van der Waals surface area contributed by atoms with Gasteiger partial charge in [-0.05, 0) is 38.0 Å². The minimum atomic E-state index is -3.80. The van der Waals surface area contributed by atoms with Crippen molar-refractivity contribution in [3.05, 3.63) is 23.8 Å². The molecule has 0 amide bonds. The van der Waals surface area contributed by atoms with Crippen molar-refractivity contribution >= 4 is 21.7 Å². The Kier molecular flexibility index (Phi) is 7.47. The molecule has 0 spiro atoms. The largest absolute Gasteiger partial charge is 0.478 e. The molecule has 0 aliphatic rings. The fourth-order valence-electron chi connectivity index (χ4n) is 2.13. The van der Waals surface area contributed by atoms with E-state index in [1.807, 2.05) is 13.8 Å². The summed E-state index contributed by atoms with van der Waals surface area (Å²) in [5, 5.41) is 21.1. The van der Waals surface area contributed by atoms with Crippen molar-refractivity contribution in [3.8, 4) is 0 Å². The molecule has 130 valence electrons. The first-order valence-corrected chi connectivity index (χ1v) is 9.04. The summed E-state index contributed by atoms with van der Waals surface area (Å²) in [6, 6.07) is 4.07. The lowest BCUT2D eigenvalue weighted by Crippen LogP contribution is -2.26. The second kappa shape index (κ2) is 8.85. The highest BCUT2D eigenvalue weighted by atomic mass is 32.2. The standard InChI is InChI=1S/C15H24N2O5S/c1-3-5-11(2)17-14-7-6-12(10-13(14)15(19)20)23(21,22)16-8-4-9-18/h6-7,10-11,16-18H,3-5,8-9H2,1-2H3,(H,19,20). The van der Waals surface area contributed by atoms with Gasteiger partial charge in [0.2, 0.25) is 10.0 Å². The van der Waals surface area contributed by atoms with Gasteiger partial charge in [-0.3, -0.25) is 0 Å². The Morgan fingerprint density at radius 2 is 2.04 bits per heavy atom. The van der Waals surface area contributed by atoms with Crippen molar-refractivity contribution in [2.24, 2.45) is 0 Å². The lowest BCUT2D eigenvalue weighted by molar-refractivity contribution is 0.0697. The minimum absolute atomic E-state index is 0.0852. The van der Waals surface area contributed by atoms with Gasteiger partial charge in [0.25, 0.3) is 0 Å². The van der Waals surface area contributed by atoms with Gasteiger partial charge in [-0.15, -0.1) is 0 Å². The summed E-state index contributed by atoms with van der Waals surface area (Å²) < 4.78 is 26.5. The average molecular weight is 344 g/mol. The normalized spacial score (nSPS) is 12.8. The number of rotatable bonds is 10. The molecule has 0 saturated heterocycles. The number of anilines is 1. The van der Waals surface area contributed by atoms with Crippen LogP contribution in [0, 0.1) is 0 Å². The molecule has 4 N–H and O–H groups in total. The van der Waals surface area contributed by atoms with Crippen LogP contribution in [0.5, 0.6) is 0 Å². The fraction of sp³-hybridized carbons (Fsp3) is 0.533. The Bertz CT molecular complexity index is 631. The van der Waals surface area contributed by atoms with Crippen LogP contribution in [0.1, 0.15) is 43.5 Å². The molecule has 0 aromatic heterocycles. The van der Waals surface area contributed by atoms with Crippen LogP contribution in [0.2, 0.25) is 0 Å². The molecule has 8 heteroatoms. The van der Waals surface area contributed by atoms with E-state index in [1.54, 1.807) is 0 Å². The maximum absolute atomic E-state index is 12.1.